The molecule has 0 spiro atoms. The van der Waals surface area contributed by atoms with Crippen LogP contribution in [0.1, 0.15) is 33.1 Å². The molecule has 1 saturated heterocycles. The van der Waals surface area contributed by atoms with Gasteiger partial charge in [0.25, 0.3) is 0 Å². The lowest BCUT2D eigenvalue weighted by atomic mass is 10.1. The largest absolute Gasteiger partial charge is 0.370 e. The zero-order valence-electron chi connectivity index (χ0n) is 13.1. The fourth-order valence-corrected chi connectivity index (χ4v) is 2.71. The maximum Gasteiger partial charge on any atom is 0.102 e. The van der Waals surface area contributed by atoms with Crippen LogP contribution in [0, 0.1) is 0 Å². The van der Waals surface area contributed by atoms with Crippen molar-refractivity contribution in [1.29, 1.82) is 0 Å². The molecule has 1 heterocycles. The van der Waals surface area contributed by atoms with E-state index in [1.165, 1.54) is 56.5 Å². The monoisotopic (exact) mass is 258 g/mol. The van der Waals surface area contributed by atoms with Crippen molar-refractivity contribution in [3.8, 4) is 0 Å². The second kappa shape index (κ2) is 7.46. The van der Waals surface area contributed by atoms with Crippen molar-refractivity contribution in [3.63, 3.8) is 0 Å². The molecule has 1 rings (SSSR count). The summed E-state index contributed by atoms with van der Waals surface area (Å²) in [6, 6.07) is 0. The molecule has 0 saturated carbocycles. The van der Waals surface area contributed by atoms with E-state index in [2.05, 4.69) is 27.9 Å². The quantitative estimate of drug-likeness (QED) is 0.479. The molecule has 18 heavy (non-hydrogen) atoms. The lowest BCUT2D eigenvalue weighted by molar-refractivity contribution is -0.931. The number of rotatable bonds is 8. The number of hydrogen-bond acceptors (Lipinski definition) is 1. The Bertz CT molecular complexity index is 223. The van der Waals surface area contributed by atoms with Crippen molar-refractivity contribution < 1.29 is 13.7 Å². The lowest BCUT2D eigenvalue weighted by Gasteiger charge is -2.40. The highest BCUT2D eigenvalue weighted by molar-refractivity contribution is 4.53. The van der Waals surface area contributed by atoms with Crippen molar-refractivity contribution >= 4 is 0 Å². The minimum atomic E-state index is 0.907. The van der Waals surface area contributed by atoms with E-state index in [1.54, 1.807) is 0 Å². The van der Waals surface area contributed by atoms with Gasteiger partial charge >= 0.3 is 0 Å². The molecule has 0 aliphatic carbocycles. The number of nitrogens with zero attached hydrogens (tertiary/aromatic N) is 2. The normalized spacial score (nSPS) is 20.0. The number of ether oxygens (including phenoxy) is 1. The Morgan fingerprint density at radius 1 is 1.00 bits per heavy atom. The Morgan fingerprint density at radius 3 is 2.22 bits per heavy atom. The first-order valence-corrected chi connectivity index (χ1v) is 7.78. The van der Waals surface area contributed by atoms with Crippen molar-refractivity contribution in [2.75, 3.05) is 66.6 Å². The highest BCUT2D eigenvalue weighted by Gasteiger charge is 2.27. The minimum absolute atomic E-state index is 0.907. The number of likely N-dealkylation sites (tertiary alicyclic amines) is 1. The Kier molecular flexibility index (Phi) is 6.61. The number of quaternary nitrogens is 2. The molecule has 0 atom stereocenters. The summed E-state index contributed by atoms with van der Waals surface area (Å²) in [6.07, 6.45) is 4.25. The molecule has 3 nitrogen and oxygen atoms in total. The fraction of sp³-hybridized carbons (Fsp3) is 1.00. The molecular weight excluding hydrogens is 224 g/mol. The first-order valence-electron chi connectivity index (χ1n) is 7.78. The van der Waals surface area contributed by atoms with E-state index in [-0.39, 0.29) is 0 Å². The molecule has 0 amide bonds. The molecule has 3 heteroatoms. The molecule has 1 fully saturated rings. The Labute approximate surface area is 114 Å². The van der Waals surface area contributed by atoms with E-state index in [0.29, 0.717) is 0 Å². The summed E-state index contributed by atoms with van der Waals surface area (Å²) in [5.41, 5.74) is 0. The van der Waals surface area contributed by atoms with Gasteiger partial charge in [-0.25, -0.2) is 0 Å². The Hall–Kier alpha value is -0.120. The van der Waals surface area contributed by atoms with Crippen LogP contribution in [0.15, 0.2) is 0 Å². The van der Waals surface area contributed by atoms with Gasteiger partial charge in [0.1, 0.15) is 13.1 Å². The van der Waals surface area contributed by atoms with E-state index >= 15 is 0 Å². The van der Waals surface area contributed by atoms with Gasteiger partial charge in [-0.1, -0.05) is 0 Å². The highest BCUT2D eigenvalue weighted by Crippen LogP contribution is 2.18. The zero-order chi connectivity index (χ0) is 13.5. The molecule has 0 N–H and O–H groups in total. The van der Waals surface area contributed by atoms with Gasteiger partial charge in [0, 0.05) is 0 Å². The van der Waals surface area contributed by atoms with Crippen molar-refractivity contribution in [2.24, 2.45) is 0 Å². The molecule has 0 aromatic carbocycles. The predicted octanol–water partition coefficient (Wildman–Crippen LogP) is 2.12. The van der Waals surface area contributed by atoms with Gasteiger partial charge in [-0.2, -0.15) is 0 Å². The molecule has 108 valence electrons. The van der Waals surface area contributed by atoms with Crippen LogP contribution in [-0.2, 0) is 4.74 Å². The predicted molar refractivity (Wildman–Crippen MR) is 77.6 cm³/mol. The maximum absolute atomic E-state index is 5.87. The summed E-state index contributed by atoms with van der Waals surface area (Å²) in [7, 11) is 4.54. The van der Waals surface area contributed by atoms with Crippen LogP contribution in [0.2, 0.25) is 0 Å². The fourth-order valence-electron chi connectivity index (χ4n) is 2.71. The maximum atomic E-state index is 5.87. The summed E-state index contributed by atoms with van der Waals surface area (Å²) in [5, 5.41) is 0. The Morgan fingerprint density at radius 2 is 1.67 bits per heavy atom. The molecule has 1 aliphatic rings. The first kappa shape index (κ1) is 15.9. The second-order valence-corrected chi connectivity index (χ2v) is 6.48. The molecule has 0 aromatic heterocycles. The standard InChI is InChI=1S/C15H34N2O/c1-5-16(3,4)12-14-18-15-13-17(6-2)10-8-7-9-11-17/h5-15H2,1-4H3/q+2. The summed E-state index contributed by atoms with van der Waals surface area (Å²) in [6.45, 7) is 14.0. The van der Waals surface area contributed by atoms with E-state index in [1.807, 2.05) is 0 Å². The summed E-state index contributed by atoms with van der Waals surface area (Å²) in [5.74, 6) is 0. The number of piperidine rings is 1. The van der Waals surface area contributed by atoms with Crippen molar-refractivity contribution in [1.82, 2.24) is 0 Å². The van der Waals surface area contributed by atoms with Gasteiger partial charge in [0.15, 0.2) is 0 Å². The molecular formula is C15H34N2O+2. The van der Waals surface area contributed by atoms with Gasteiger partial charge in [0.05, 0.1) is 53.5 Å². The molecule has 0 unspecified atom stereocenters. The summed E-state index contributed by atoms with van der Waals surface area (Å²) >= 11 is 0. The lowest BCUT2D eigenvalue weighted by Crippen LogP contribution is -2.53. The van der Waals surface area contributed by atoms with Crippen LogP contribution in [0.3, 0.4) is 0 Å². The van der Waals surface area contributed by atoms with E-state index in [0.717, 1.165) is 24.2 Å². The van der Waals surface area contributed by atoms with Gasteiger partial charge < -0.3 is 13.7 Å². The Balaban J connectivity index is 2.16. The van der Waals surface area contributed by atoms with E-state index in [9.17, 15) is 0 Å². The van der Waals surface area contributed by atoms with Gasteiger partial charge in [-0.3, -0.25) is 0 Å². The smallest absolute Gasteiger partial charge is 0.102 e. The van der Waals surface area contributed by atoms with Crippen molar-refractivity contribution in [2.45, 2.75) is 33.1 Å². The molecule has 0 bridgehead atoms. The highest BCUT2D eigenvalue weighted by atomic mass is 16.5. The van der Waals surface area contributed by atoms with Crippen LogP contribution < -0.4 is 0 Å². The third kappa shape index (κ3) is 5.25. The van der Waals surface area contributed by atoms with Crippen LogP contribution >= 0.6 is 0 Å². The number of hydrogen-bond donors (Lipinski definition) is 0. The van der Waals surface area contributed by atoms with Crippen molar-refractivity contribution in [3.05, 3.63) is 0 Å². The van der Waals surface area contributed by atoms with Crippen LogP contribution in [0.25, 0.3) is 0 Å². The first-order chi connectivity index (χ1) is 8.54. The third-order valence-electron chi connectivity index (χ3n) is 4.84. The SMILES string of the molecule is CC[N+](C)(C)CCOCC[N+]1(CC)CCCCC1. The molecule has 0 aromatic rings. The van der Waals surface area contributed by atoms with Gasteiger partial charge in [-0.05, 0) is 33.1 Å². The van der Waals surface area contributed by atoms with Crippen LogP contribution in [-0.4, -0.2) is 75.5 Å². The third-order valence-corrected chi connectivity index (χ3v) is 4.84. The molecule has 1 aliphatic heterocycles. The topological polar surface area (TPSA) is 9.23 Å². The van der Waals surface area contributed by atoms with Gasteiger partial charge in [-0.15, -0.1) is 0 Å². The molecule has 0 radical (unpaired) electrons. The second-order valence-electron chi connectivity index (χ2n) is 6.48. The summed E-state index contributed by atoms with van der Waals surface area (Å²) < 4.78 is 8.23. The van der Waals surface area contributed by atoms with Crippen LogP contribution in [0.5, 0.6) is 0 Å². The van der Waals surface area contributed by atoms with Gasteiger partial charge in [0.2, 0.25) is 0 Å². The summed E-state index contributed by atoms with van der Waals surface area (Å²) in [4.78, 5) is 0. The van der Waals surface area contributed by atoms with E-state index < -0.39 is 0 Å². The number of likely N-dealkylation sites (N-methyl/N-ethyl adjacent to an activating group) is 2. The average molecular weight is 258 g/mol. The average Bonchev–Trinajstić information content (AvgIpc) is 2.39. The van der Waals surface area contributed by atoms with E-state index in [4.69, 9.17) is 4.74 Å². The minimum Gasteiger partial charge on any atom is -0.370 e. The van der Waals surface area contributed by atoms with Crippen LogP contribution in [0.4, 0.5) is 0 Å². The zero-order valence-corrected chi connectivity index (χ0v) is 13.1.